The first-order valence-electron chi connectivity index (χ1n) is 5.74. The van der Waals surface area contributed by atoms with Crippen LogP contribution in [-0.2, 0) is 0 Å². The molecule has 0 spiro atoms. The molecule has 3 rings (SSSR count). The molecule has 80 valence electrons. The van der Waals surface area contributed by atoms with E-state index in [1.54, 1.807) is 0 Å². The van der Waals surface area contributed by atoms with Crippen LogP contribution < -0.4 is 10.2 Å². The van der Waals surface area contributed by atoms with E-state index in [9.17, 15) is 0 Å². The van der Waals surface area contributed by atoms with E-state index in [0.29, 0.717) is 6.04 Å². The van der Waals surface area contributed by atoms with Gasteiger partial charge in [-0.05, 0) is 43.5 Å². The summed E-state index contributed by atoms with van der Waals surface area (Å²) in [5, 5.41) is 3.46. The summed E-state index contributed by atoms with van der Waals surface area (Å²) in [5.41, 5.74) is 1.30. The van der Waals surface area contributed by atoms with Crippen LogP contribution in [0.15, 0.2) is 18.3 Å². The third kappa shape index (κ3) is 1.51. The minimum atomic E-state index is 0.688. The van der Waals surface area contributed by atoms with Crippen molar-refractivity contribution in [3.05, 3.63) is 23.9 Å². The largest absolute Gasteiger partial charge is 0.352 e. The van der Waals surface area contributed by atoms with Gasteiger partial charge in [-0.25, -0.2) is 4.98 Å². The molecule has 0 saturated carbocycles. The van der Waals surface area contributed by atoms with Crippen LogP contribution in [0.25, 0.3) is 0 Å². The summed E-state index contributed by atoms with van der Waals surface area (Å²) in [7, 11) is 0. The molecule has 2 atom stereocenters. The number of pyridine rings is 1. The van der Waals surface area contributed by atoms with Gasteiger partial charge in [0.1, 0.15) is 5.82 Å². The van der Waals surface area contributed by atoms with Crippen LogP contribution in [0.3, 0.4) is 0 Å². The Morgan fingerprint density at radius 1 is 1.53 bits per heavy atom. The predicted octanol–water partition coefficient (Wildman–Crippen LogP) is 1.19. The van der Waals surface area contributed by atoms with Crippen molar-refractivity contribution in [3.63, 3.8) is 0 Å². The van der Waals surface area contributed by atoms with Gasteiger partial charge in [0.15, 0.2) is 0 Å². The van der Waals surface area contributed by atoms with Crippen molar-refractivity contribution >= 4 is 5.82 Å². The Morgan fingerprint density at radius 3 is 3.27 bits per heavy atom. The van der Waals surface area contributed by atoms with Crippen LogP contribution in [0.5, 0.6) is 0 Å². The summed E-state index contributed by atoms with van der Waals surface area (Å²) in [6.45, 7) is 5.64. The maximum atomic E-state index is 4.45. The molecular formula is C12H17N3. The number of rotatable bonds is 1. The van der Waals surface area contributed by atoms with E-state index in [4.69, 9.17) is 0 Å². The van der Waals surface area contributed by atoms with Crippen LogP contribution in [0.4, 0.5) is 5.82 Å². The second-order valence-corrected chi connectivity index (χ2v) is 4.66. The maximum absolute atomic E-state index is 4.45. The zero-order chi connectivity index (χ0) is 10.3. The lowest BCUT2D eigenvalue weighted by Crippen LogP contribution is -2.63. The van der Waals surface area contributed by atoms with E-state index in [-0.39, 0.29) is 0 Å². The van der Waals surface area contributed by atoms with Crippen molar-refractivity contribution in [3.8, 4) is 0 Å². The van der Waals surface area contributed by atoms with Gasteiger partial charge in [0.05, 0.1) is 0 Å². The molecule has 0 aliphatic carbocycles. The molecule has 1 aromatic heterocycles. The van der Waals surface area contributed by atoms with Gasteiger partial charge < -0.3 is 10.2 Å². The molecule has 2 aliphatic heterocycles. The predicted molar refractivity (Wildman–Crippen MR) is 61.1 cm³/mol. The van der Waals surface area contributed by atoms with Crippen molar-refractivity contribution in [2.75, 3.05) is 24.5 Å². The van der Waals surface area contributed by atoms with Gasteiger partial charge in [0.2, 0.25) is 0 Å². The van der Waals surface area contributed by atoms with Gasteiger partial charge in [-0.2, -0.15) is 0 Å². The summed E-state index contributed by atoms with van der Waals surface area (Å²) >= 11 is 0. The fraction of sp³-hybridized carbons (Fsp3) is 0.583. The molecular weight excluding hydrogens is 186 g/mol. The first kappa shape index (κ1) is 9.16. The van der Waals surface area contributed by atoms with Gasteiger partial charge in [-0.15, -0.1) is 0 Å². The third-order valence-electron chi connectivity index (χ3n) is 3.62. The number of aryl methyl sites for hydroxylation is 1. The molecule has 1 N–H and O–H groups in total. The van der Waals surface area contributed by atoms with E-state index in [0.717, 1.165) is 18.3 Å². The average Bonchev–Trinajstić information content (AvgIpc) is 2.20. The van der Waals surface area contributed by atoms with Crippen LogP contribution in [0.1, 0.15) is 12.0 Å². The van der Waals surface area contributed by atoms with Gasteiger partial charge in [-0.3, -0.25) is 0 Å². The van der Waals surface area contributed by atoms with Crippen molar-refractivity contribution < 1.29 is 0 Å². The number of hydrogen-bond acceptors (Lipinski definition) is 3. The molecule has 0 aromatic carbocycles. The molecule has 1 aromatic rings. The van der Waals surface area contributed by atoms with E-state index in [2.05, 4.69) is 34.3 Å². The molecule has 2 unspecified atom stereocenters. The smallest absolute Gasteiger partial charge is 0.129 e. The SMILES string of the molecule is Cc1ccnc(N2CC3CCNCC32)c1. The normalized spacial score (nSPS) is 29.5. The van der Waals surface area contributed by atoms with Gasteiger partial charge in [0, 0.05) is 25.3 Å². The van der Waals surface area contributed by atoms with E-state index >= 15 is 0 Å². The zero-order valence-electron chi connectivity index (χ0n) is 9.11. The Hall–Kier alpha value is -1.09. The second kappa shape index (κ2) is 3.49. The molecule has 2 saturated heterocycles. The standard InChI is InChI=1S/C12H17N3/c1-9-2-5-14-12(6-9)15-8-10-3-4-13-7-11(10)15/h2,5-6,10-11,13H,3-4,7-8H2,1H3. The number of aromatic nitrogens is 1. The number of nitrogens with one attached hydrogen (secondary N) is 1. The highest BCUT2D eigenvalue weighted by atomic mass is 15.3. The second-order valence-electron chi connectivity index (χ2n) is 4.66. The Morgan fingerprint density at radius 2 is 2.47 bits per heavy atom. The molecule has 15 heavy (non-hydrogen) atoms. The topological polar surface area (TPSA) is 28.2 Å². The Kier molecular flexibility index (Phi) is 2.13. The van der Waals surface area contributed by atoms with Crippen molar-refractivity contribution in [1.82, 2.24) is 10.3 Å². The van der Waals surface area contributed by atoms with Gasteiger partial charge in [-0.1, -0.05) is 0 Å². The monoisotopic (exact) mass is 203 g/mol. The molecule has 3 nitrogen and oxygen atoms in total. The lowest BCUT2D eigenvalue weighted by atomic mass is 9.83. The first-order chi connectivity index (χ1) is 7.34. The fourth-order valence-corrected chi connectivity index (χ4v) is 2.66. The van der Waals surface area contributed by atoms with Crippen molar-refractivity contribution in [1.29, 1.82) is 0 Å². The van der Waals surface area contributed by atoms with Crippen LogP contribution in [0, 0.1) is 12.8 Å². The number of nitrogens with zero attached hydrogens (tertiary/aromatic N) is 2. The number of fused-ring (bicyclic) bond motifs is 1. The molecule has 3 heteroatoms. The molecule has 0 bridgehead atoms. The Bertz CT molecular complexity index is 364. The molecule has 2 fully saturated rings. The maximum Gasteiger partial charge on any atom is 0.129 e. The molecule has 0 radical (unpaired) electrons. The lowest BCUT2D eigenvalue weighted by Gasteiger charge is -2.51. The highest BCUT2D eigenvalue weighted by Crippen LogP contribution is 2.33. The number of hydrogen-bond donors (Lipinski definition) is 1. The Balaban J connectivity index is 1.79. The van der Waals surface area contributed by atoms with E-state index in [1.807, 2.05) is 6.20 Å². The molecule has 0 amide bonds. The number of piperidine rings is 1. The third-order valence-corrected chi connectivity index (χ3v) is 3.62. The van der Waals surface area contributed by atoms with Crippen LogP contribution in [-0.4, -0.2) is 30.7 Å². The summed E-state index contributed by atoms with van der Waals surface area (Å²) < 4.78 is 0. The van der Waals surface area contributed by atoms with Crippen LogP contribution in [0.2, 0.25) is 0 Å². The lowest BCUT2D eigenvalue weighted by molar-refractivity contribution is 0.227. The zero-order valence-corrected chi connectivity index (χ0v) is 9.11. The summed E-state index contributed by atoms with van der Waals surface area (Å²) in [6, 6.07) is 4.93. The summed E-state index contributed by atoms with van der Waals surface area (Å²) in [5.74, 6) is 2.05. The minimum Gasteiger partial charge on any atom is -0.352 e. The number of anilines is 1. The highest BCUT2D eigenvalue weighted by Gasteiger charge is 2.40. The van der Waals surface area contributed by atoms with Crippen molar-refractivity contribution in [2.24, 2.45) is 5.92 Å². The average molecular weight is 203 g/mol. The van der Waals surface area contributed by atoms with Crippen molar-refractivity contribution in [2.45, 2.75) is 19.4 Å². The minimum absolute atomic E-state index is 0.688. The summed E-state index contributed by atoms with van der Waals surface area (Å²) in [6.07, 6.45) is 3.24. The van der Waals surface area contributed by atoms with Crippen LogP contribution >= 0.6 is 0 Å². The van der Waals surface area contributed by atoms with Gasteiger partial charge >= 0.3 is 0 Å². The highest BCUT2D eigenvalue weighted by molar-refractivity contribution is 5.46. The van der Waals surface area contributed by atoms with E-state index in [1.165, 1.54) is 25.1 Å². The first-order valence-corrected chi connectivity index (χ1v) is 5.74. The Labute approximate surface area is 90.5 Å². The summed E-state index contributed by atoms with van der Waals surface area (Å²) in [4.78, 5) is 6.89. The van der Waals surface area contributed by atoms with Gasteiger partial charge in [0.25, 0.3) is 0 Å². The van der Waals surface area contributed by atoms with E-state index < -0.39 is 0 Å². The quantitative estimate of drug-likeness (QED) is 0.743. The molecule has 2 aliphatic rings. The molecule has 3 heterocycles. The fourth-order valence-electron chi connectivity index (χ4n) is 2.66.